The highest BCUT2D eigenvalue weighted by molar-refractivity contribution is 5.65. The molecule has 2 saturated carbocycles. The molecule has 0 spiro atoms. The van der Waals surface area contributed by atoms with E-state index in [1.54, 1.807) is 5.56 Å². The molecule has 1 unspecified atom stereocenters. The first-order chi connectivity index (χ1) is 11.2. The molecule has 2 fully saturated rings. The summed E-state index contributed by atoms with van der Waals surface area (Å²) in [5.74, 6) is 1.56. The standard InChI is InChI=1S/C24H34/c1-16-8-10-19-18(17(16)2)9-11-21-23(19,5)15-12-20-22(3,4)13-7-14-24(20,21)6/h8-11,20-21H,7,12-15H2,1-6H3/t20?,21-,23-,24-/m0/s1. The molecule has 0 bridgehead atoms. The zero-order valence-corrected chi connectivity index (χ0v) is 16.5. The number of allylic oxidation sites excluding steroid dienone is 1. The summed E-state index contributed by atoms with van der Waals surface area (Å²) in [7, 11) is 0. The molecular formula is C24H34. The van der Waals surface area contributed by atoms with E-state index in [-0.39, 0.29) is 0 Å². The molecule has 0 amide bonds. The predicted molar refractivity (Wildman–Crippen MR) is 104 cm³/mol. The van der Waals surface area contributed by atoms with Crippen molar-refractivity contribution in [3.05, 3.63) is 40.5 Å². The number of hydrogen-bond acceptors (Lipinski definition) is 0. The Balaban J connectivity index is 1.86. The Morgan fingerprint density at radius 3 is 2.46 bits per heavy atom. The van der Waals surface area contributed by atoms with Crippen LogP contribution in [0.5, 0.6) is 0 Å². The summed E-state index contributed by atoms with van der Waals surface area (Å²) in [5.41, 5.74) is 7.35. The fourth-order valence-corrected chi connectivity index (χ4v) is 7.06. The quantitative estimate of drug-likeness (QED) is 0.491. The highest BCUT2D eigenvalue weighted by Crippen LogP contribution is 2.66. The van der Waals surface area contributed by atoms with Crippen molar-refractivity contribution in [2.75, 3.05) is 0 Å². The minimum Gasteiger partial charge on any atom is -0.0794 e. The summed E-state index contributed by atoms with van der Waals surface area (Å²) in [6.45, 7) is 14.8. The fraction of sp³-hybridized carbons (Fsp3) is 0.667. The third-order valence-electron chi connectivity index (χ3n) is 8.48. The second kappa shape index (κ2) is 4.99. The summed E-state index contributed by atoms with van der Waals surface area (Å²) >= 11 is 0. The molecule has 0 radical (unpaired) electrons. The Hall–Kier alpha value is -1.04. The van der Waals surface area contributed by atoms with E-state index in [4.69, 9.17) is 0 Å². The van der Waals surface area contributed by atoms with Crippen LogP contribution in [0, 0.1) is 36.5 Å². The Bertz CT molecular complexity index is 707. The second-order valence-corrected chi connectivity index (χ2v) is 10.2. The van der Waals surface area contributed by atoms with Crippen molar-refractivity contribution in [2.24, 2.45) is 22.7 Å². The number of rotatable bonds is 0. The van der Waals surface area contributed by atoms with Crippen LogP contribution < -0.4 is 0 Å². The minimum absolute atomic E-state index is 0.321. The van der Waals surface area contributed by atoms with Crippen molar-refractivity contribution in [1.82, 2.24) is 0 Å². The maximum Gasteiger partial charge on any atom is -0.0000994 e. The van der Waals surface area contributed by atoms with E-state index in [0.29, 0.717) is 22.2 Å². The molecule has 0 nitrogen and oxygen atoms in total. The maximum atomic E-state index is 2.62. The first kappa shape index (κ1) is 16.4. The lowest BCUT2D eigenvalue weighted by atomic mass is 9.41. The van der Waals surface area contributed by atoms with Gasteiger partial charge in [0, 0.05) is 0 Å². The molecular weight excluding hydrogens is 288 g/mol. The van der Waals surface area contributed by atoms with E-state index >= 15 is 0 Å². The summed E-state index contributed by atoms with van der Waals surface area (Å²) in [6, 6.07) is 4.81. The normalized spacial score (nSPS) is 39.8. The van der Waals surface area contributed by atoms with Crippen molar-refractivity contribution in [3.63, 3.8) is 0 Å². The molecule has 3 aliphatic rings. The summed E-state index contributed by atoms with van der Waals surface area (Å²) < 4.78 is 0. The lowest BCUT2D eigenvalue weighted by Gasteiger charge is -2.63. The van der Waals surface area contributed by atoms with E-state index < -0.39 is 0 Å². The van der Waals surface area contributed by atoms with Crippen LogP contribution >= 0.6 is 0 Å². The van der Waals surface area contributed by atoms with Crippen LogP contribution in [0.2, 0.25) is 0 Å². The average molecular weight is 323 g/mol. The van der Waals surface area contributed by atoms with Gasteiger partial charge in [-0.2, -0.15) is 0 Å². The van der Waals surface area contributed by atoms with Gasteiger partial charge < -0.3 is 0 Å². The van der Waals surface area contributed by atoms with Crippen molar-refractivity contribution in [2.45, 2.75) is 79.1 Å². The first-order valence-corrected chi connectivity index (χ1v) is 9.99. The topological polar surface area (TPSA) is 0 Å². The largest absolute Gasteiger partial charge is 0.0794 e. The van der Waals surface area contributed by atoms with Crippen LogP contribution in [0.1, 0.15) is 82.1 Å². The maximum absolute atomic E-state index is 2.62. The van der Waals surface area contributed by atoms with Gasteiger partial charge in [-0.05, 0) is 89.9 Å². The Morgan fingerprint density at radius 1 is 0.958 bits per heavy atom. The molecule has 4 rings (SSSR count). The first-order valence-electron chi connectivity index (χ1n) is 9.99. The Kier molecular flexibility index (Phi) is 3.42. The van der Waals surface area contributed by atoms with Crippen LogP contribution in [0.3, 0.4) is 0 Å². The lowest BCUT2D eigenvalue weighted by Crippen LogP contribution is -2.56. The van der Waals surface area contributed by atoms with Gasteiger partial charge in [0.15, 0.2) is 0 Å². The molecule has 0 aliphatic heterocycles. The molecule has 0 saturated heterocycles. The fourth-order valence-electron chi connectivity index (χ4n) is 7.06. The van der Waals surface area contributed by atoms with Crippen molar-refractivity contribution in [3.8, 4) is 0 Å². The Morgan fingerprint density at radius 2 is 1.71 bits per heavy atom. The Labute approximate surface area is 148 Å². The van der Waals surface area contributed by atoms with Crippen molar-refractivity contribution in [1.29, 1.82) is 0 Å². The smallest absolute Gasteiger partial charge is 0.0000994 e. The number of aryl methyl sites for hydroxylation is 1. The minimum atomic E-state index is 0.321. The average Bonchev–Trinajstić information content (AvgIpc) is 2.49. The molecule has 1 aromatic carbocycles. The number of hydrogen-bond donors (Lipinski definition) is 0. The van der Waals surface area contributed by atoms with Gasteiger partial charge in [-0.1, -0.05) is 58.4 Å². The van der Waals surface area contributed by atoms with Crippen LogP contribution in [-0.2, 0) is 5.41 Å². The molecule has 1 aromatic rings. The highest BCUT2D eigenvalue weighted by Gasteiger charge is 2.58. The SMILES string of the molecule is Cc1ccc2c(c1C)C=C[C@H]1[C@@]2(C)CCC2C(C)(C)CCC[C@@]21C. The third kappa shape index (κ3) is 1.98. The molecule has 4 atom stereocenters. The van der Waals surface area contributed by atoms with Crippen LogP contribution in [0.4, 0.5) is 0 Å². The summed E-state index contributed by atoms with van der Waals surface area (Å²) in [6.07, 6.45) is 12.1. The summed E-state index contributed by atoms with van der Waals surface area (Å²) in [5, 5.41) is 0. The van der Waals surface area contributed by atoms with Gasteiger partial charge in [-0.15, -0.1) is 0 Å². The van der Waals surface area contributed by atoms with Gasteiger partial charge in [0.25, 0.3) is 0 Å². The molecule has 0 aromatic heterocycles. The van der Waals surface area contributed by atoms with Gasteiger partial charge in [-0.3, -0.25) is 0 Å². The molecule has 3 aliphatic carbocycles. The van der Waals surface area contributed by atoms with E-state index in [0.717, 1.165) is 5.92 Å². The van der Waals surface area contributed by atoms with E-state index in [1.807, 2.05) is 0 Å². The number of fused-ring (bicyclic) bond motifs is 5. The highest BCUT2D eigenvalue weighted by atomic mass is 14.6. The molecule has 0 heteroatoms. The summed E-state index contributed by atoms with van der Waals surface area (Å²) in [4.78, 5) is 0. The van der Waals surface area contributed by atoms with Crippen molar-refractivity contribution >= 4 is 6.08 Å². The monoisotopic (exact) mass is 322 g/mol. The molecule has 0 N–H and O–H groups in total. The van der Waals surface area contributed by atoms with Crippen LogP contribution in [0.15, 0.2) is 18.2 Å². The van der Waals surface area contributed by atoms with Crippen LogP contribution in [-0.4, -0.2) is 0 Å². The molecule has 0 heterocycles. The van der Waals surface area contributed by atoms with Gasteiger partial charge in [0.1, 0.15) is 0 Å². The second-order valence-electron chi connectivity index (χ2n) is 10.2. The third-order valence-corrected chi connectivity index (χ3v) is 8.48. The van der Waals surface area contributed by atoms with E-state index in [9.17, 15) is 0 Å². The van der Waals surface area contributed by atoms with Crippen LogP contribution in [0.25, 0.3) is 6.08 Å². The van der Waals surface area contributed by atoms with Gasteiger partial charge in [0.2, 0.25) is 0 Å². The predicted octanol–water partition coefficient (Wildman–Crippen LogP) is 6.83. The molecule has 24 heavy (non-hydrogen) atoms. The zero-order chi connectivity index (χ0) is 17.3. The van der Waals surface area contributed by atoms with E-state index in [1.165, 1.54) is 48.8 Å². The molecule has 130 valence electrons. The van der Waals surface area contributed by atoms with Crippen molar-refractivity contribution < 1.29 is 0 Å². The van der Waals surface area contributed by atoms with Gasteiger partial charge in [0.05, 0.1) is 0 Å². The lowest BCUT2D eigenvalue weighted by molar-refractivity contribution is -0.0876. The zero-order valence-electron chi connectivity index (χ0n) is 16.5. The van der Waals surface area contributed by atoms with Gasteiger partial charge >= 0.3 is 0 Å². The number of benzene rings is 1. The van der Waals surface area contributed by atoms with Gasteiger partial charge in [-0.25, -0.2) is 0 Å². The van der Waals surface area contributed by atoms with E-state index in [2.05, 4.69) is 65.8 Å².